The molecule has 1 nitrogen and oxygen atoms in total. The molecule has 1 N–H and O–H groups in total. The largest absolute Gasteiger partial charge is 0.304 e. The van der Waals surface area contributed by atoms with Crippen molar-refractivity contribution in [3.8, 4) is 0 Å². The van der Waals surface area contributed by atoms with Gasteiger partial charge < -0.3 is 5.32 Å². The molecule has 100 valence electrons. The number of halogens is 2. The molecule has 1 aliphatic rings. The van der Waals surface area contributed by atoms with Crippen LogP contribution in [-0.4, -0.2) is 6.54 Å². The van der Waals surface area contributed by atoms with Gasteiger partial charge in [-0.2, -0.15) is 0 Å². The van der Waals surface area contributed by atoms with E-state index < -0.39 is 0 Å². The predicted octanol–water partition coefficient (Wildman–Crippen LogP) is 4.17. The Kier molecular flexibility index (Phi) is 4.19. The van der Waals surface area contributed by atoms with Crippen LogP contribution in [0.3, 0.4) is 0 Å². The third kappa shape index (κ3) is 2.51. The van der Waals surface area contributed by atoms with Crippen molar-refractivity contribution in [1.82, 2.24) is 5.32 Å². The maximum atomic E-state index is 6.13. The molecule has 1 unspecified atom stereocenters. The highest BCUT2D eigenvalue weighted by Crippen LogP contribution is 2.35. The Morgan fingerprint density at radius 1 is 1.11 bits per heavy atom. The van der Waals surface area contributed by atoms with E-state index in [1.165, 1.54) is 16.7 Å². The average molecular weight is 294 g/mol. The van der Waals surface area contributed by atoms with Crippen LogP contribution in [0.5, 0.6) is 0 Å². The number of nitrogens with one attached hydrogen (secondary N) is 1. The maximum absolute atomic E-state index is 6.13. The molecule has 1 atom stereocenters. The lowest BCUT2D eigenvalue weighted by molar-refractivity contribution is 0.415. The Bertz CT molecular complexity index is 582. The first-order chi connectivity index (χ1) is 8.70. The highest BCUT2D eigenvalue weighted by atomic mass is 35.5. The van der Waals surface area contributed by atoms with Crippen molar-refractivity contribution in [2.75, 3.05) is 6.54 Å². The molecule has 19 heavy (non-hydrogen) atoms. The summed E-state index contributed by atoms with van der Waals surface area (Å²) in [5.41, 5.74) is 3.87. The molecule has 2 aromatic rings. The number of hydrogen-bond donors (Lipinski definition) is 1. The van der Waals surface area contributed by atoms with Crippen molar-refractivity contribution >= 4 is 24.0 Å². The van der Waals surface area contributed by atoms with Crippen molar-refractivity contribution < 1.29 is 0 Å². The second-order valence-corrected chi connectivity index (χ2v) is 5.41. The van der Waals surface area contributed by atoms with E-state index in [2.05, 4.69) is 48.6 Å². The van der Waals surface area contributed by atoms with Crippen molar-refractivity contribution in [3.05, 3.63) is 70.2 Å². The number of rotatable bonds is 1. The highest BCUT2D eigenvalue weighted by Gasteiger charge is 2.32. The zero-order valence-corrected chi connectivity index (χ0v) is 12.4. The van der Waals surface area contributed by atoms with Crippen LogP contribution < -0.4 is 5.32 Å². The summed E-state index contributed by atoms with van der Waals surface area (Å²) >= 11 is 6.13. The lowest BCUT2D eigenvalue weighted by atomic mass is 9.79. The maximum Gasteiger partial charge on any atom is 0.0665 e. The van der Waals surface area contributed by atoms with Crippen LogP contribution in [0.1, 0.15) is 23.6 Å². The third-order valence-electron chi connectivity index (χ3n) is 3.83. The molecule has 0 saturated heterocycles. The van der Waals surface area contributed by atoms with Crippen molar-refractivity contribution in [1.29, 1.82) is 0 Å². The van der Waals surface area contributed by atoms with Crippen LogP contribution in [0, 0.1) is 0 Å². The van der Waals surface area contributed by atoms with E-state index in [1.54, 1.807) is 0 Å². The van der Waals surface area contributed by atoms with E-state index in [-0.39, 0.29) is 17.9 Å². The third-order valence-corrected chi connectivity index (χ3v) is 4.07. The van der Waals surface area contributed by atoms with Gasteiger partial charge >= 0.3 is 0 Å². The topological polar surface area (TPSA) is 12.0 Å². The highest BCUT2D eigenvalue weighted by molar-refractivity contribution is 6.30. The Labute approximate surface area is 125 Å². The lowest BCUT2D eigenvalue weighted by Crippen LogP contribution is -2.45. The van der Waals surface area contributed by atoms with E-state index in [1.807, 2.05) is 12.1 Å². The zero-order chi connectivity index (χ0) is 12.6. The van der Waals surface area contributed by atoms with Crippen molar-refractivity contribution in [2.45, 2.75) is 18.9 Å². The van der Waals surface area contributed by atoms with E-state index in [4.69, 9.17) is 11.6 Å². The zero-order valence-electron chi connectivity index (χ0n) is 10.8. The van der Waals surface area contributed by atoms with Gasteiger partial charge in [0.05, 0.1) is 5.54 Å². The summed E-state index contributed by atoms with van der Waals surface area (Å²) in [5.74, 6) is 0. The molecule has 0 radical (unpaired) electrons. The lowest BCUT2D eigenvalue weighted by Gasteiger charge is -2.38. The first-order valence-corrected chi connectivity index (χ1v) is 6.67. The predicted molar refractivity (Wildman–Crippen MR) is 83.3 cm³/mol. The molecule has 0 fully saturated rings. The minimum atomic E-state index is -0.139. The molecule has 0 amide bonds. The van der Waals surface area contributed by atoms with E-state index in [0.717, 1.165) is 18.0 Å². The average Bonchev–Trinajstić information content (AvgIpc) is 2.39. The molecular formula is C16H17Cl2N. The number of hydrogen-bond acceptors (Lipinski definition) is 1. The Hall–Kier alpha value is -1.02. The number of fused-ring (bicyclic) bond motifs is 1. The van der Waals surface area contributed by atoms with Gasteiger partial charge in [-0.1, -0.05) is 48.0 Å². The quantitative estimate of drug-likeness (QED) is 0.832. The summed E-state index contributed by atoms with van der Waals surface area (Å²) in [4.78, 5) is 0. The van der Waals surface area contributed by atoms with Gasteiger partial charge in [0.15, 0.2) is 0 Å². The molecule has 0 aromatic heterocycles. The Morgan fingerprint density at radius 3 is 2.68 bits per heavy atom. The molecule has 0 saturated carbocycles. The normalized spacial score (nSPS) is 21.4. The van der Waals surface area contributed by atoms with Gasteiger partial charge in [-0.25, -0.2) is 0 Å². The molecule has 3 rings (SSSR count). The minimum Gasteiger partial charge on any atom is -0.304 e. The van der Waals surface area contributed by atoms with Crippen LogP contribution in [0.25, 0.3) is 0 Å². The van der Waals surface area contributed by atoms with E-state index in [9.17, 15) is 0 Å². The summed E-state index contributed by atoms with van der Waals surface area (Å²) in [7, 11) is 0. The van der Waals surface area contributed by atoms with Crippen LogP contribution in [-0.2, 0) is 12.0 Å². The summed E-state index contributed by atoms with van der Waals surface area (Å²) in [6.45, 7) is 3.23. The fourth-order valence-corrected chi connectivity index (χ4v) is 3.02. The standard InChI is InChI=1S/C16H16ClN.ClH/c1-16(13-6-4-7-14(17)11-13)15-8-3-2-5-12(15)9-10-18-16;/h2-8,11,18H,9-10H2,1H3;1H. The summed E-state index contributed by atoms with van der Waals surface area (Å²) in [5, 5.41) is 4.43. The molecule has 0 spiro atoms. The molecule has 1 heterocycles. The molecule has 2 aromatic carbocycles. The number of benzene rings is 2. The molecule has 0 aliphatic carbocycles. The summed E-state index contributed by atoms with van der Waals surface area (Å²) < 4.78 is 0. The fourth-order valence-electron chi connectivity index (χ4n) is 2.83. The van der Waals surface area contributed by atoms with Gasteiger partial charge in [0.1, 0.15) is 0 Å². The minimum absolute atomic E-state index is 0. The van der Waals surface area contributed by atoms with Gasteiger partial charge in [0, 0.05) is 11.6 Å². The van der Waals surface area contributed by atoms with Crippen molar-refractivity contribution in [3.63, 3.8) is 0 Å². The molecule has 3 heteroatoms. The Balaban J connectivity index is 0.00000133. The van der Waals surface area contributed by atoms with Gasteiger partial charge in [-0.05, 0) is 42.2 Å². The van der Waals surface area contributed by atoms with Gasteiger partial charge in [-0.15, -0.1) is 12.4 Å². The SMILES string of the molecule is CC1(c2cccc(Cl)c2)NCCc2ccccc21.Cl. The molecule has 1 aliphatic heterocycles. The first-order valence-electron chi connectivity index (χ1n) is 6.29. The fraction of sp³-hybridized carbons (Fsp3) is 0.250. The summed E-state index contributed by atoms with van der Waals surface area (Å²) in [6, 6.07) is 16.8. The second kappa shape index (κ2) is 5.54. The Morgan fingerprint density at radius 2 is 1.89 bits per heavy atom. The van der Waals surface area contributed by atoms with Gasteiger partial charge in [0.25, 0.3) is 0 Å². The summed E-state index contributed by atoms with van der Waals surface area (Å²) in [6.07, 6.45) is 1.09. The second-order valence-electron chi connectivity index (χ2n) is 4.97. The van der Waals surface area contributed by atoms with Crippen LogP contribution >= 0.6 is 24.0 Å². The smallest absolute Gasteiger partial charge is 0.0665 e. The van der Waals surface area contributed by atoms with E-state index in [0.29, 0.717) is 0 Å². The molecular weight excluding hydrogens is 277 g/mol. The monoisotopic (exact) mass is 293 g/mol. The van der Waals surface area contributed by atoms with Gasteiger partial charge in [0.2, 0.25) is 0 Å². The van der Waals surface area contributed by atoms with Crippen LogP contribution in [0.15, 0.2) is 48.5 Å². The van der Waals surface area contributed by atoms with E-state index >= 15 is 0 Å². The molecule has 0 bridgehead atoms. The first kappa shape index (κ1) is 14.4. The van der Waals surface area contributed by atoms with Crippen LogP contribution in [0.2, 0.25) is 5.02 Å². The van der Waals surface area contributed by atoms with Gasteiger partial charge in [-0.3, -0.25) is 0 Å². The van der Waals surface area contributed by atoms with Crippen molar-refractivity contribution in [2.24, 2.45) is 0 Å². The van der Waals surface area contributed by atoms with Crippen LogP contribution in [0.4, 0.5) is 0 Å².